The lowest BCUT2D eigenvalue weighted by Crippen LogP contribution is -2.55. The van der Waals surface area contributed by atoms with Gasteiger partial charge in [0, 0.05) is 12.8 Å². The molecular weight excluding hydrogens is 654 g/mol. The quantitative estimate of drug-likeness (QED) is 0.142. The van der Waals surface area contributed by atoms with Crippen molar-refractivity contribution in [2.75, 3.05) is 19.0 Å². The number of urea groups is 1. The van der Waals surface area contributed by atoms with Gasteiger partial charge in [-0.05, 0) is 51.8 Å². The summed E-state index contributed by atoms with van der Waals surface area (Å²) >= 11 is 0. The second-order valence-corrected chi connectivity index (χ2v) is 14.8. The zero-order valence-electron chi connectivity index (χ0n) is 28.8. The molecule has 6 rings (SSSR count). The van der Waals surface area contributed by atoms with Gasteiger partial charge in [0.05, 0.1) is 12.7 Å². The normalized spacial score (nSPS) is 15.6. The summed E-state index contributed by atoms with van der Waals surface area (Å²) in [5, 5.41) is 7.53. The Bertz CT molecular complexity index is 1940. The van der Waals surface area contributed by atoms with Gasteiger partial charge < -0.3 is 14.8 Å². The molecule has 9 nitrogen and oxygen atoms in total. The molecule has 4 aromatic carbocycles. The van der Waals surface area contributed by atoms with Crippen molar-refractivity contribution in [3.05, 3.63) is 143 Å². The molecule has 0 saturated heterocycles. The number of methoxy groups -OCH3 is 1. The van der Waals surface area contributed by atoms with Gasteiger partial charge in [0.2, 0.25) is 5.88 Å². The maximum Gasteiger partial charge on any atom is 0.336 e. The molecule has 260 valence electrons. The van der Waals surface area contributed by atoms with E-state index in [4.69, 9.17) is 9.47 Å². The van der Waals surface area contributed by atoms with Crippen LogP contribution in [0.1, 0.15) is 67.3 Å². The van der Waals surface area contributed by atoms with Crippen LogP contribution in [0.4, 0.5) is 14.9 Å². The molecule has 1 aliphatic rings. The van der Waals surface area contributed by atoms with Crippen molar-refractivity contribution in [1.29, 1.82) is 4.78 Å². The maximum absolute atomic E-state index is 15.8. The molecule has 2 heterocycles. The highest BCUT2D eigenvalue weighted by Gasteiger charge is 2.51. The molecule has 1 aliphatic heterocycles. The predicted octanol–water partition coefficient (Wildman–Crippen LogP) is 8.52. The second-order valence-electron chi connectivity index (χ2n) is 13.0. The molecule has 0 bridgehead atoms. The van der Waals surface area contributed by atoms with Gasteiger partial charge in [0.1, 0.15) is 29.0 Å². The highest BCUT2D eigenvalue weighted by Crippen LogP contribution is 2.47. The molecule has 0 unspecified atom stereocenters. The smallest absolute Gasteiger partial charge is 0.336 e. The van der Waals surface area contributed by atoms with Crippen LogP contribution in [0.15, 0.2) is 114 Å². The fourth-order valence-electron chi connectivity index (χ4n) is 6.70. The van der Waals surface area contributed by atoms with Crippen LogP contribution in [0.3, 0.4) is 0 Å². The van der Waals surface area contributed by atoms with Crippen LogP contribution in [-0.4, -0.2) is 44.1 Å². The summed E-state index contributed by atoms with van der Waals surface area (Å²) < 4.78 is 54.9. The standard InChI is InChI=1S/C39H42FN5O4S/c1-26(2)33-21-31(40)22-34(27(3)4)36(33)43-38(46)45(50(41,47)35-23-42-44-24-32(48-5)25-49-37(35)44)39(28-15-9-6-10-16-28,29-17-11-7-12-18-29)30-19-13-8-14-20-30/h6-23,26-27,32,41H,24-25H2,1-5H3,(H,43,46)/t32-,50+/m0/s1. The Balaban J connectivity index is 1.69. The third-order valence-corrected chi connectivity index (χ3v) is 11.0. The number of hydrogen-bond donors (Lipinski definition) is 2. The van der Waals surface area contributed by atoms with Crippen molar-refractivity contribution in [2.45, 2.75) is 62.6 Å². The lowest BCUT2D eigenvalue weighted by Gasteiger charge is -2.45. The van der Waals surface area contributed by atoms with Gasteiger partial charge in [0.15, 0.2) is 9.92 Å². The van der Waals surface area contributed by atoms with Crippen LogP contribution in [0.2, 0.25) is 0 Å². The number of amides is 2. The molecule has 2 N–H and O–H groups in total. The molecule has 0 fully saturated rings. The number of anilines is 1. The Hall–Kier alpha value is -5.00. The number of nitrogens with zero attached hydrogens (tertiary/aromatic N) is 3. The molecular formula is C39H42FN5O4S. The van der Waals surface area contributed by atoms with Gasteiger partial charge in [-0.15, -0.1) is 0 Å². The van der Waals surface area contributed by atoms with Gasteiger partial charge >= 0.3 is 6.03 Å². The third kappa shape index (κ3) is 6.16. The first-order valence-corrected chi connectivity index (χ1v) is 18.1. The Morgan fingerprint density at radius 2 is 1.42 bits per heavy atom. The molecule has 2 atom stereocenters. The maximum atomic E-state index is 15.8. The van der Waals surface area contributed by atoms with Gasteiger partial charge in [-0.3, -0.25) is 0 Å². The topological polar surface area (TPSA) is 110 Å². The lowest BCUT2D eigenvalue weighted by atomic mass is 9.77. The van der Waals surface area contributed by atoms with Crippen LogP contribution in [-0.2, 0) is 26.7 Å². The number of ether oxygens (including phenoxy) is 2. The monoisotopic (exact) mass is 695 g/mol. The number of halogens is 1. The van der Waals surface area contributed by atoms with E-state index in [0.29, 0.717) is 40.0 Å². The van der Waals surface area contributed by atoms with Crippen molar-refractivity contribution >= 4 is 21.6 Å². The van der Waals surface area contributed by atoms with Crippen LogP contribution in [0.5, 0.6) is 5.88 Å². The number of benzene rings is 4. The minimum absolute atomic E-state index is 0.0540. The molecule has 1 aromatic heterocycles. The zero-order chi connectivity index (χ0) is 35.6. The summed E-state index contributed by atoms with van der Waals surface area (Å²) in [7, 11) is -2.75. The van der Waals surface area contributed by atoms with Crippen molar-refractivity contribution in [1.82, 2.24) is 14.1 Å². The lowest BCUT2D eigenvalue weighted by molar-refractivity contribution is 0.0165. The minimum Gasteiger partial charge on any atom is -0.474 e. The van der Waals surface area contributed by atoms with Gasteiger partial charge in [0.25, 0.3) is 0 Å². The molecule has 5 aromatic rings. The number of carbonyl (C=O) groups is 1. The number of fused-ring (bicyclic) bond motifs is 1. The van der Waals surface area contributed by atoms with Gasteiger partial charge in [-0.2, -0.15) is 5.10 Å². The van der Waals surface area contributed by atoms with Crippen molar-refractivity contribution < 1.29 is 22.9 Å². The van der Waals surface area contributed by atoms with Gasteiger partial charge in [-0.25, -0.2) is 27.2 Å². The van der Waals surface area contributed by atoms with E-state index in [0.717, 1.165) is 4.31 Å². The summed E-state index contributed by atoms with van der Waals surface area (Å²) in [6.45, 7) is 8.17. The van der Waals surface area contributed by atoms with E-state index in [1.165, 1.54) is 23.0 Å². The average Bonchev–Trinajstić information content (AvgIpc) is 3.56. The number of nitrogens with one attached hydrogen (secondary N) is 2. The summed E-state index contributed by atoms with van der Waals surface area (Å²) in [6.07, 6.45) is 1.04. The second kappa shape index (κ2) is 14.1. The van der Waals surface area contributed by atoms with Crippen molar-refractivity contribution in [2.24, 2.45) is 0 Å². The Kier molecular flexibility index (Phi) is 9.82. The highest BCUT2D eigenvalue weighted by molar-refractivity contribution is 7.90. The van der Waals surface area contributed by atoms with Crippen molar-refractivity contribution in [3.8, 4) is 5.88 Å². The van der Waals surface area contributed by atoms with Crippen molar-refractivity contribution in [3.63, 3.8) is 0 Å². The molecule has 50 heavy (non-hydrogen) atoms. The van der Waals surface area contributed by atoms with Crippen LogP contribution in [0, 0.1) is 10.6 Å². The average molecular weight is 696 g/mol. The van der Waals surface area contributed by atoms with E-state index in [9.17, 15) is 4.78 Å². The SMILES string of the molecule is CO[C@@H]1COc2c([S@](=N)(=O)N(C(=O)Nc3c(C(C)C)cc(F)cc3C(C)C)C(c3ccccc3)(c3ccccc3)c3ccccc3)cnn2C1. The zero-order valence-corrected chi connectivity index (χ0v) is 29.6. The van der Waals surface area contributed by atoms with Gasteiger partial charge in [-0.1, -0.05) is 119 Å². The van der Waals surface area contributed by atoms with Crippen LogP contribution in [0.25, 0.3) is 0 Å². The first-order valence-electron chi connectivity index (χ1n) is 16.6. The van der Waals surface area contributed by atoms with E-state index in [1.54, 1.807) is 7.11 Å². The highest BCUT2D eigenvalue weighted by atomic mass is 32.2. The van der Waals surface area contributed by atoms with E-state index in [-0.39, 0.29) is 35.3 Å². The first kappa shape index (κ1) is 34.8. The third-order valence-electron chi connectivity index (χ3n) is 9.13. The van der Waals surface area contributed by atoms with E-state index in [2.05, 4.69) is 10.4 Å². The number of aromatic nitrogens is 2. The summed E-state index contributed by atoms with van der Waals surface area (Å²) in [5.74, 6) is -0.619. The largest absolute Gasteiger partial charge is 0.474 e. The molecule has 0 aliphatic carbocycles. The molecule has 0 spiro atoms. The van der Waals surface area contributed by atoms with E-state index < -0.39 is 27.3 Å². The molecule has 11 heteroatoms. The number of hydrogen-bond acceptors (Lipinski definition) is 6. The van der Waals surface area contributed by atoms with E-state index >= 15 is 13.4 Å². The van der Waals surface area contributed by atoms with Crippen LogP contribution < -0.4 is 10.1 Å². The Morgan fingerprint density at radius 1 is 0.940 bits per heavy atom. The molecule has 0 radical (unpaired) electrons. The summed E-state index contributed by atoms with van der Waals surface area (Å²) in [6, 6.07) is 29.9. The fraction of sp³-hybridized carbons (Fsp3) is 0.282. The predicted molar refractivity (Wildman–Crippen MR) is 192 cm³/mol. The minimum atomic E-state index is -4.32. The number of carbonyl (C=O) groups excluding carboxylic acids is 1. The Morgan fingerprint density at radius 3 is 1.86 bits per heavy atom. The first-order chi connectivity index (χ1) is 24.0. The van der Waals surface area contributed by atoms with E-state index in [1.807, 2.05) is 119 Å². The fourth-order valence-corrected chi connectivity index (χ4v) is 8.46. The summed E-state index contributed by atoms with van der Waals surface area (Å²) in [5.41, 5.74) is 1.76. The summed E-state index contributed by atoms with van der Waals surface area (Å²) in [4.78, 5) is 15.4. The Labute approximate surface area is 293 Å². The van der Waals surface area contributed by atoms with Crippen LogP contribution >= 0.6 is 0 Å². The molecule has 0 saturated carbocycles. The molecule has 2 amide bonds. The number of rotatable bonds is 10.